The second-order valence-corrected chi connectivity index (χ2v) is 3.46. The minimum atomic E-state index is 0.475. The molecule has 0 amide bonds. The molecular formula is C11H13N3. The molecule has 0 fully saturated rings. The van der Waals surface area contributed by atoms with Crippen molar-refractivity contribution in [2.45, 2.75) is 26.2 Å². The highest BCUT2D eigenvalue weighted by molar-refractivity contribution is 5.79. The average molecular weight is 187 g/mol. The monoisotopic (exact) mass is 187 g/mol. The molecule has 0 aliphatic rings. The summed E-state index contributed by atoms with van der Waals surface area (Å²) in [5.74, 6) is 0.475. The molecule has 1 unspecified atom stereocenters. The quantitative estimate of drug-likeness (QED) is 0.725. The van der Waals surface area contributed by atoms with Crippen molar-refractivity contribution in [1.29, 1.82) is 0 Å². The zero-order valence-corrected chi connectivity index (χ0v) is 8.44. The SMILES string of the molecule is CCC(C)c1ncnc2cnccc12. The van der Waals surface area contributed by atoms with Crippen LogP contribution in [0.25, 0.3) is 10.9 Å². The Hall–Kier alpha value is -1.51. The Balaban J connectivity index is 2.65. The summed E-state index contributed by atoms with van der Waals surface area (Å²) < 4.78 is 0. The van der Waals surface area contributed by atoms with E-state index in [2.05, 4.69) is 28.8 Å². The first-order chi connectivity index (χ1) is 6.83. The van der Waals surface area contributed by atoms with Crippen LogP contribution in [0.2, 0.25) is 0 Å². The molecule has 0 spiro atoms. The lowest BCUT2D eigenvalue weighted by Gasteiger charge is -2.09. The Bertz CT molecular complexity index is 434. The zero-order valence-electron chi connectivity index (χ0n) is 8.44. The lowest BCUT2D eigenvalue weighted by atomic mass is 10.0. The van der Waals surface area contributed by atoms with E-state index < -0.39 is 0 Å². The Morgan fingerprint density at radius 3 is 3.00 bits per heavy atom. The molecule has 2 rings (SSSR count). The molecule has 0 radical (unpaired) electrons. The van der Waals surface area contributed by atoms with Crippen LogP contribution in [0.3, 0.4) is 0 Å². The van der Waals surface area contributed by atoms with Gasteiger partial charge in [-0.05, 0) is 18.4 Å². The van der Waals surface area contributed by atoms with Crippen LogP contribution >= 0.6 is 0 Å². The summed E-state index contributed by atoms with van der Waals surface area (Å²) in [6, 6.07) is 1.98. The highest BCUT2D eigenvalue weighted by atomic mass is 14.8. The number of nitrogens with zero attached hydrogens (tertiary/aromatic N) is 3. The first-order valence-corrected chi connectivity index (χ1v) is 4.87. The van der Waals surface area contributed by atoms with E-state index in [9.17, 15) is 0 Å². The molecular weight excluding hydrogens is 174 g/mol. The first kappa shape index (κ1) is 9.06. The highest BCUT2D eigenvalue weighted by Gasteiger charge is 2.08. The van der Waals surface area contributed by atoms with Crippen molar-refractivity contribution in [3.63, 3.8) is 0 Å². The molecule has 0 saturated heterocycles. The van der Waals surface area contributed by atoms with Gasteiger partial charge in [0.2, 0.25) is 0 Å². The van der Waals surface area contributed by atoms with Gasteiger partial charge in [-0.2, -0.15) is 0 Å². The molecule has 0 saturated carbocycles. The number of aromatic nitrogens is 3. The third-order valence-electron chi connectivity index (χ3n) is 2.55. The predicted molar refractivity (Wildman–Crippen MR) is 56.0 cm³/mol. The molecule has 0 aromatic carbocycles. The summed E-state index contributed by atoms with van der Waals surface area (Å²) in [4.78, 5) is 12.6. The fraction of sp³-hybridized carbons (Fsp3) is 0.364. The number of hydrogen-bond donors (Lipinski definition) is 0. The third-order valence-corrected chi connectivity index (χ3v) is 2.55. The van der Waals surface area contributed by atoms with Crippen molar-refractivity contribution in [2.24, 2.45) is 0 Å². The number of fused-ring (bicyclic) bond motifs is 1. The number of rotatable bonds is 2. The van der Waals surface area contributed by atoms with E-state index in [1.807, 2.05) is 6.07 Å². The maximum Gasteiger partial charge on any atom is 0.116 e. The topological polar surface area (TPSA) is 38.7 Å². The van der Waals surface area contributed by atoms with E-state index in [1.54, 1.807) is 18.7 Å². The molecule has 3 nitrogen and oxygen atoms in total. The molecule has 14 heavy (non-hydrogen) atoms. The van der Waals surface area contributed by atoms with Crippen LogP contribution in [-0.4, -0.2) is 15.0 Å². The van der Waals surface area contributed by atoms with Crippen molar-refractivity contribution in [2.75, 3.05) is 0 Å². The summed E-state index contributed by atoms with van der Waals surface area (Å²) in [6.07, 6.45) is 6.28. The second-order valence-electron chi connectivity index (χ2n) is 3.46. The minimum absolute atomic E-state index is 0.475. The van der Waals surface area contributed by atoms with Crippen molar-refractivity contribution in [3.8, 4) is 0 Å². The Labute approximate surface area is 83.2 Å². The molecule has 0 N–H and O–H groups in total. The number of pyridine rings is 1. The fourth-order valence-corrected chi connectivity index (χ4v) is 1.51. The van der Waals surface area contributed by atoms with Crippen molar-refractivity contribution >= 4 is 10.9 Å². The predicted octanol–water partition coefficient (Wildman–Crippen LogP) is 2.54. The first-order valence-electron chi connectivity index (χ1n) is 4.87. The highest BCUT2D eigenvalue weighted by Crippen LogP contribution is 2.22. The maximum atomic E-state index is 4.34. The Morgan fingerprint density at radius 2 is 2.21 bits per heavy atom. The molecule has 1 atom stereocenters. The van der Waals surface area contributed by atoms with Crippen LogP contribution in [0.4, 0.5) is 0 Å². The molecule has 2 heterocycles. The summed E-state index contributed by atoms with van der Waals surface area (Å²) in [7, 11) is 0. The van der Waals surface area contributed by atoms with E-state index in [-0.39, 0.29) is 0 Å². The van der Waals surface area contributed by atoms with Gasteiger partial charge in [-0.3, -0.25) is 4.98 Å². The van der Waals surface area contributed by atoms with Gasteiger partial charge in [-0.25, -0.2) is 9.97 Å². The summed E-state index contributed by atoms with van der Waals surface area (Å²) in [5, 5.41) is 1.12. The zero-order chi connectivity index (χ0) is 9.97. The Kier molecular flexibility index (Phi) is 2.39. The molecule has 0 bridgehead atoms. The van der Waals surface area contributed by atoms with Crippen LogP contribution in [-0.2, 0) is 0 Å². The van der Waals surface area contributed by atoms with Crippen LogP contribution < -0.4 is 0 Å². The van der Waals surface area contributed by atoms with Crippen molar-refractivity contribution in [1.82, 2.24) is 15.0 Å². The third kappa shape index (κ3) is 1.45. The molecule has 3 heteroatoms. The van der Waals surface area contributed by atoms with Gasteiger partial charge in [0.25, 0.3) is 0 Å². The smallest absolute Gasteiger partial charge is 0.116 e. The summed E-state index contributed by atoms with van der Waals surface area (Å²) in [6.45, 7) is 4.35. The average Bonchev–Trinajstić information content (AvgIpc) is 2.27. The van der Waals surface area contributed by atoms with Gasteiger partial charge in [-0.1, -0.05) is 13.8 Å². The van der Waals surface area contributed by atoms with Gasteiger partial charge in [0.15, 0.2) is 0 Å². The summed E-state index contributed by atoms with van der Waals surface area (Å²) >= 11 is 0. The van der Waals surface area contributed by atoms with Gasteiger partial charge >= 0.3 is 0 Å². The van der Waals surface area contributed by atoms with Crippen LogP contribution in [0, 0.1) is 0 Å². The van der Waals surface area contributed by atoms with Gasteiger partial charge in [-0.15, -0.1) is 0 Å². The van der Waals surface area contributed by atoms with Crippen molar-refractivity contribution < 1.29 is 0 Å². The normalized spacial score (nSPS) is 13.0. The molecule has 0 aliphatic carbocycles. The standard InChI is InChI=1S/C11H13N3/c1-3-8(2)11-9-4-5-12-6-10(9)13-7-14-11/h4-8H,3H2,1-2H3. The van der Waals surface area contributed by atoms with Crippen molar-refractivity contribution in [3.05, 3.63) is 30.5 Å². The largest absolute Gasteiger partial charge is 0.262 e. The second kappa shape index (κ2) is 3.70. The fourth-order valence-electron chi connectivity index (χ4n) is 1.51. The van der Waals surface area contributed by atoms with Gasteiger partial charge in [0.1, 0.15) is 6.33 Å². The Morgan fingerprint density at radius 1 is 1.36 bits per heavy atom. The van der Waals surface area contributed by atoms with E-state index in [4.69, 9.17) is 0 Å². The number of hydrogen-bond acceptors (Lipinski definition) is 3. The molecule has 72 valence electrons. The van der Waals surface area contributed by atoms with E-state index in [1.165, 1.54) is 0 Å². The maximum absolute atomic E-state index is 4.34. The summed E-state index contributed by atoms with van der Waals surface area (Å²) in [5.41, 5.74) is 2.05. The lowest BCUT2D eigenvalue weighted by Crippen LogP contribution is -1.98. The van der Waals surface area contributed by atoms with Gasteiger partial charge in [0, 0.05) is 11.6 Å². The van der Waals surface area contributed by atoms with Crippen LogP contribution in [0.5, 0.6) is 0 Å². The van der Waals surface area contributed by atoms with Gasteiger partial charge < -0.3 is 0 Å². The van der Waals surface area contributed by atoms with Crippen LogP contribution in [0.1, 0.15) is 31.9 Å². The van der Waals surface area contributed by atoms with E-state index in [0.717, 1.165) is 23.0 Å². The minimum Gasteiger partial charge on any atom is -0.262 e. The van der Waals surface area contributed by atoms with E-state index >= 15 is 0 Å². The molecule has 0 aliphatic heterocycles. The van der Waals surface area contributed by atoms with Gasteiger partial charge in [0.05, 0.1) is 17.4 Å². The molecule has 2 aromatic heterocycles. The van der Waals surface area contributed by atoms with Crippen LogP contribution in [0.15, 0.2) is 24.8 Å². The van der Waals surface area contributed by atoms with E-state index in [0.29, 0.717) is 5.92 Å². The lowest BCUT2D eigenvalue weighted by molar-refractivity contribution is 0.713. The molecule has 2 aromatic rings.